The van der Waals surface area contributed by atoms with Crippen LogP contribution in [-0.4, -0.2) is 51.9 Å². The maximum Gasteiger partial charge on any atom is 0.225 e. The van der Waals surface area contributed by atoms with Gasteiger partial charge in [-0.05, 0) is 30.9 Å². The Balaban J connectivity index is 1.32. The number of fused-ring (bicyclic) bond motifs is 1. The van der Waals surface area contributed by atoms with Crippen LogP contribution in [0.5, 0.6) is 0 Å². The number of carbonyl (C=O) groups is 1. The van der Waals surface area contributed by atoms with Gasteiger partial charge >= 0.3 is 0 Å². The Morgan fingerprint density at radius 3 is 2.28 bits per heavy atom. The molecule has 2 aliphatic rings. The first-order valence-corrected chi connectivity index (χ1v) is 11.1. The second-order valence-corrected chi connectivity index (χ2v) is 8.31. The summed E-state index contributed by atoms with van der Waals surface area (Å²) < 4.78 is 0. The number of benzene rings is 1. The number of piperazine rings is 1. The number of nitrogens with zero attached hydrogens (tertiary/aromatic N) is 6. The molecule has 1 aromatic carbocycles. The highest BCUT2D eigenvalue weighted by Crippen LogP contribution is 2.29. The van der Waals surface area contributed by atoms with Crippen LogP contribution in [0.25, 0.3) is 6.08 Å². The van der Waals surface area contributed by atoms with Crippen LogP contribution in [0.1, 0.15) is 33.7 Å². The summed E-state index contributed by atoms with van der Waals surface area (Å²) in [6, 6.07) is 12.0. The number of anilines is 2. The zero-order valence-corrected chi connectivity index (χ0v) is 18.2. The summed E-state index contributed by atoms with van der Waals surface area (Å²) in [5, 5.41) is 0. The number of hydrogen-bond donors (Lipinski definition) is 0. The zero-order chi connectivity index (χ0) is 21.9. The minimum atomic E-state index is 0.143. The Hall–Kier alpha value is -3.61. The second kappa shape index (κ2) is 8.86. The third-order valence-corrected chi connectivity index (χ3v) is 6.09. The van der Waals surface area contributed by atoms with Crippen LogP contribution in [0.2, 0.25) is 0 Å². The second-order valence-electron chi connectivity index (χ2n) is 8.31. The highest BCUT2D eigenvalue weighted by Gasteiger charge is 2.29. The molecule has 7 nitrogen and oxygen atoms in total. The number of aromatic nitrogens is 4. The van der Waals surface area contributed by atoms with Crippen molar-refractivity contribution in [3.8, 4) is 0 Å². The van der Waals surface area contributed by atoms with Crippen LogP contribution in [0.4, 0.5) is 11.9 Å². The van der Waals surface area contributed by atoms with Gasteiger partial charge in [-0.25, -0.2) is 19.9 Å². The molecule has 1 atom stereocenters. The van der Waals surface area contributed by atoms with Gasteiger partial charge in [-0.15, -0.1) is 0 Å². The number of allylic oxidation sites excluding steroid dienone is 1. The van der Waals surface area contributed by atoms with E-state index >= 15 is 0 Å². The largest absolute Gasteiger partial charge is 0.337 e. The predicted molar refractivity (Wildman–Crippen MR) is 125 cm³/mol. The maximum atomic E-state index is 12.9. The molecule has 3 heterocycles. The minimum Gasteiger partial charge on any atom is -0.337 e. The molecule has 1 saturated heterocycles. The third kappa shape index (κ3) is 4.23. The topological polar surface area (TPSA) is 75.1 Å². The first-order valence-electron chi connectivity index (χ1n) is 11.1. The van der Waals surface area contributed by atoms with Crippen LogP contribution in [0, 0.1) is 12.8 Å². The van der Waals surface area contributed by atoms with Crippen molar-refractivity contribution >= 4 is 23.8 Å². The van der Waals surface area contributed by atoms with Gasteiger partial charge in [0, 0.05) is 45.0 Å². The van der Waals surface area contributed by atoms with E-state index in [-0.39, 0.29) is 11.7 Å². The number of Topliss-reactive ketones (excluding diaryl/α,β-unsaturated/α-hetero) is 1. The van der Waals surface area contributed by atoms with Crippen molar-refractivity contribution in [3.05, 3.63) is 77.4 Å². The summed E-state index contributed by atoms with van der Waals surface area (Å²) in [6.07, 6.45) is 9.05. The fourth-order valence-electron chi connectivity index (χ4n) is 4.44. The lowest BCUT2D eigenvalue weighted by Crippen LogP contribution is -2.48. The summed E-state index contributed by atoms with van der Waals surface area (Å²) in [5.41, 5.74) is 3.52. The molecule has 32 heavy (non-hydrogen) atoms. The van der Waals surface area contributed by atoms with Crippen molar-refractivity contribution in [1.29, 1.82) is 0 Å². The van der Waals surface area contributed by atoms with Crippen molar-refractivity contribution in [2.24, 2.45) is 5.92 Å². The van der Waals surface area contributed by atoms with E-state index in [1.165, 1.54) is 0 Å². The molecule has 1 aliphatic carbocycles. The van der Waals surface area contributed by atoms with E-state index in [0.29, 0.717) is 6.42 Å². The Morgan fingerprint density at radius 2 is 1.56 bits per heavy atom. The van der Waals surface area contributed by atoms with E-state index in [9.17, 15) is 4.79 Å². The van der Waals surface area contributed by atoms with Gasteiger partial charge in [0.25, 0.3) is 0 Å². The number of aryl methyl sites for hydroxylation is 1. The van der Waals surface area contributed by atoms with Gasteiger partial charge in [0.05, 0.1) is 17.0 Å². The Bertz CT molecular complexity index is 1120. The summed E-state index contributed by atoms with van der Waals surface area (Å²) >= 11 is 0. The van der Waals surface area contributed by atoms with Crippen LogP contribution in [-0.2, 0) is 6.42 Å². The number of hydrogen-bond acceptors (Lipinski definition) is 7. The molecule has 0 unspecified atom stereocenters. The smallest absolute Gasteiger partial charge is 0.225 e. The summed E-state index contributed by atoms with van der Waals surface area (Å²) in [7, 11) is 0. The standard InChI is InChI=1S/C25H26N6O/c1-18-23-21(16-20(17-22(23)32)9-8-19-6-3-2-4-7-19)29-25(28-18)31-14-12-30(13-15-31)24-26-10-5-11-27-24/h2-11,20H,12-17H2,1H3/b9-8+/t20-/m1/s1. The molecule has 1 aliphatic heterocycles. The van der Waals surface area contributed by atoms with Crippen LogP contribution < -0.4 is 9.80 Å². The molecule has 0 spiro atoms. The quantitative estimate of drug-likeness (QED) is 0.633. The van der Waals surface area contributed by atoms with Crippen LogP contribution in [0.15, 0.2) is 54.9 Å². The molecular weight excluding hydrogens is 400 g/mol. The molecular formula is C25H26N6O. The summed E-state index contributed by atoms with van der Waals surface area (Å²) in [5.74, 6) is 1.78. The van der Waals surface area contributed by atoms with E-state index in [0.717, 1.165) is 67.0 Å². The first kappa shape index (κ1) is 20.3. The molecule has 0 saturated carbocycles. The van der Waals surface area contributed by atoms with E-state index in [1.807, 2.05) is 31.2 Å². The van der Waals surface area contributed by atoms with Gasteiger partial charge < -0.3 is 9.80 Å². The van der Waals surface area contributed by atoms with Crippen molar-refractivity contribution in [1.82, 2.24) is 19.9 Å². The fourth-order valence-corrected chi connectivity index (χ4v) is 4.44. The predicted octanol–water partition coefficient (Wildman–Crippen LogP) is 3.36. The Kier molecular flexibility index (Phi) is 5.62. The van der Waals surface area contributed by atoms with Crippen LogP contribution in [0.3, 0.4) is 0 Å². The average molecular weight is 427 g/mol. The molecule has 3 aromatic rings. The van der Waals surface area contributed by atoms with Crippen molar-refractivity contribution in [2.75, 3.05) is 36.0 Å². The van der Waals surface area contributed by atoms with E-state index in [4.69, 9.17) is 9.97 Å². The molecule has 162 valence electrons. The molecule has 7 heteroatoms. The van der Waals surface area contributed by atoms with E-state index in [1.54, 1.807) is 12.4 Å². The Labute approximate surface area is 187 Å². The lowest BCUT2D eigenvalue weighted by atomic mass is 9.85. The average Bonchev–Trinajstić information content (AvgIpc) is 2.83. The van der Waals surface area contributed by atoms with Gasteiger partial charge in [0.2, 0.25) is 11.9 Å². The molecule has 5 rings (SSSR count). The molecule has 0 amide bonds. The van der Waals surface area contributed by atoms with Gasteiger partial charge in [-0.3, -0.25) is 4.79 Å². The molecule has 0 bridgehead atoms. The Morgan fingerprint density at radius 1 is 0.875 bits per heavy atom. The first-order chi connectivity index (χ1) is 15.7. The van der Waals surface area contributed by atoms with Crippen molar-refractivity contribution in [2.45, 2.75) is 19.8 Å². The summed E-state index contributed by atoms with van der Waals surface area (Å²) in [4.78, 5) is 35.5. The highest BCUT2D eigenvalue weighted by molar-refractivity contribution is 5.99. The number of rotatable bonds is 4. The van der Waals surface area contributed by atoms with Gasteiger partial charge in [-0.2, -0.15) is 0 Å². The molecule has 1 fully saturated rings. The maximum absolute atomic E-state index is 12.9. The van der Waals surface area contributed by atoms with Crippen LogP contribution >= 0.6 is 0 Å². The lowest BCUT2D eigenvalue weighted by Gasteiger charge is -2.35. The minimum absolute atomic E-state index is 0.143. The lowest BCUT2D eigenvalue weighted by molar-refractivity contribution is 0.0956. The van der Waals surface area contributed by atoms with Crippen molar-refractivity contribution < 1.29 is 4.79 Å². The molecule has 2 aromatic heterocycles. The summed E-state index contributed by atoms with van der Waals surface area (Å²) in [6.45, 7) is 5.13. The molecule has 0 radical (unpaired) electrons. The van der Waals surface area contributed by atoms with E-state index < -0.39 is 0 Å². The third-order valence-electron chi connectivity index (χ3n) is 6.09. The fraction of sp³-hybridized carbons (Fsp3) is 0.320. The number of ketones is 1. The molecule has 0 N–H and O–H groups in total. The highest BCUT2D eigenvalue weighted by atomic mass is 16.1. The van der Waals surface area contributed by atoms with E-state index in [2.05, 4.69) is 44.1 Å². The van der Waals surface area contributed by atoms with Gasteiger partial charge in [0.15, 0.2) is 5.78 Å². The normalized spacial score (nSPS) is 18.8. The number of carbonyl (C=O) groups excluding carboxylic acids is 1. The van der Waals surface area contributed by atoms with Gasteiger partial charge in [-0.1, -0.05) is 42.5 Å². The van der Waals surface area contributed by atoms with Gasteiger partial charge in [0.1, 0.15) is 0 Å². The monoisotopic (exact) mass is 426 g/mol. The van der Waals surface area contributed by atoms with Crippen molar-refractivity contribution in [3.63, 3.8) is 0 Å². The SMILES string of the molecule is Cc1nc(N2CCN(c3ncccn3)CC2)nc2c1C(=O)C[C@H](/C=C/c1ccccc1)C2. The zero-order valence-electron chi connectivity index (χ0n) is 18.2.